The van der Waals surface area contributed by atoms with Gasteiger partial charge in [-0.05, 0) is 124 Å². The molecule has 0 fully saturated rings. The summed E-state index contributed by atoms with van der Waals surface area (Å²) in [4.78, 5) is 0. The van der Waals surface area contributed by atoms with Gasteiger partial charge in [-0.2, -0.15) is 0 Å². The van der Waals surface area contributed by atoms with Gasteiger partial charge in [0.2, 0.25) is 0 Å². The number of hydrogen-bond donors (Lipinski definition) is 0. The van der Waals surface area contributed by atoms with Gasteiger partial charge in [-0.3, -0.25) is 0 Å². The molecular formula is C58H35N. The molecule has 0 spiro atoms. The second kappa shape index (κ2) is 12.4. The molecule has 0 N–H and O–H groups in total. The minimum atomic E-state index is 1.20. The normalized spacial score (nSPS) is 12.1. The molecule has 1 nitrogen and oxygen atoms in total. The lowest BCUT2D eigenvalue weighted by atomic mass is 9.84. The molecule has 13 rings (SSSR count). The summed E-state index contributed by atoms with van der Waals surface area (Å²) in [6, 6.07) is 79.1. The molecule has 0 radical (unpaired) electrons. The molecule has 1 aliphatic heterocycles. The summed E-state index contributed by atoms with van der Waals surface area (Å²) >= 11 is 0. The minimum absolute atomic E-state index is 1.20. The van der Waals surface area contributed by atoms with Crippen molar-refractivity contribution < 1.29 is 0 Å². The van der Waals surface area contributed by atoms with Crippen molar-refractivity contribution >= 4 is 64.9 Å². The van der Waals surface area contributed by atoms with E-state index in [4.69, 9.17) is 0 Å². The third kappa shape index (κ3) is 4.73. The van der Waals surface area contributed by atoms with Crippen molar-refractivity contribution in [2.45, 2.75) is 0 Å². The van der Waals surface area contributed by atoms with Crippen molar-refractivity contribution in [1.82, 2.24) is 4.57 Å². The van der Waals surface area contributed by atoms with Crippen molar-refractivity contribution in [3.63, 3.8) is 0 Å². The Morgan fingerprint density at radius 1 is 0.254 bits per heavy atom. The maximum Gasteiger partial charge on any atom is 0.0619 e. The zero-order valence-electron chi connectivity index (χ0n) is 32.2. The first kappa shape index (κ1) is 32.4. The van der Waals surface area contributed by atoms with E-state index in [1.807, 2.05) is 0 Å². The number of fused-ring (bicyclic) bond motifs is 12. The van der Waals surface area contributed by atoms with Crippen molar-refractivity contribution in [3.8, 4) is 61.3 Å². The SMILES string of the molecule is c1ccc2c(c1)-c1cc(-c3ccc4c(-c5ccc6ccccc6c5)c5ccccc5c(-c5ccc6ccccc6c5)c4c3)ccc1-n1c3ccccc3c3cccc-2c31. The van der Waals surface area contributed by atoms with E-state index in [2.05, 4.69) is 217 Å². The highest BCUT2D eigenvalue weighted by molar-refractivity contribution is 6.23. The average Bonchev–Trinajstić information content (AvgIpc) is 3.58. The zero-order chi connectivity index (χ0) is 38.6. The smallest absolute Gasteiger partial charge is 0.0619 e. The summed E-state index contributed by atoms with van der Waals surface area (Å²) in [5.41, 5.74) is 16.1. The highest BCUT2D eigenvalue weighted by Crippen LogP contribution is 2.49. The number of para-hydroxylation sites is 2. The predicted molar refractivity (Wildman–Crippen MR) is 252 cm³/mol. The van der Waals surface area contributed by atoms with Gasteiger partial charge in [-0.25, -0.2) is 0 Å². The van der Waals surface area contributed by atoms with Gasteiger partial charge in [0.25, 0.3) is 0 Å². The van der Waals surface area contributed by atoms with Gasteiger partial charge in [0.1, 0.15) is 0 Å². The van der Waals surface area contributed by atoms with Crippen LogP contribution in [-0.2, 0) is 0 Å². The van der Waals surface area contributed by atoms with Crippen LogP contribution >= 0.6 is 0 Å². The van der Waals surface area contributed by atoms with Crippen LogP contribution in [-0.4, -0.2) is 4.57 Å². The second-order valence-corrected chi connectivity index (χ2v) is 16.0. The zero-order valence-corrected chi connectivity index (χ0v) is 32.2. The summed E-state index contributed by atoms with van der Waals surface area (Å²) in [5.74, 6) is 0. The number of rotatable bonds is 3. The Kier molecular flexibility index (Phi) is 6.79. The highest BCUT2D eigenvalue weighted by Gasteiger charge is 2.25. The van der Waals surface area contributed by atoms with E-state index in [1.54, 1.807) is 0 Å². The van der Waals surface area contributed by atoms with Crippen LogP contribution in [0.5, 0.6) is 0 Å². The first-order valence-corrected chi connectivity index (χ1v) is 20.5. The molecule has 0 aliphatic carbocycles. The molecule has 0 unspecified atom stereocenters. The van der Waals surface area contributed by atoms with E-state index in [0.717, 1.165) is 0 Å². The first-order chi connectivity index (χ1) is 29.3. The van der Waals surface area contributed by atoms with E-state index in [1.165, 1.54) is 126 Å². The predicted octanol–water partition coefficient (Wildman–Crippen LogP) is 16.0. The highest BCUT2D eigenvalue weighted by atomic mass is 15.0. The van der Waals surface area contributed by atoms with E-state index in [-0.39, 0.29) is 0 Å². The average molecular weight is 746 g/mol. The fourth-order valence-electron chi connectivity index (χ4n) is 10.2. The standard InChI is InChI=1S/C58H35N/c1-3-14-38-32-42(26-24-36(38)12-1)56-47-19-7-8-20-48(47)57(43-27-25-37-13-2-4-15-39(37)33-43)53-35-40(28-30-49(53)56)41-29-31-55-52(34-41)45-17-6-5-16-44(45)50-21-11-22-51-46-18-9-10-23-54(46)59(55)58(50)51/h1-35H. The summed E-state index contributed by atoms with van der Waals surface area (Å²) in [6.45, 7) is 0. The Hall–Kier alpha value is -7.74. The Balaban J connectivity index is 1.10. The van der Waals surface area contributed by atoms with Gasteiger partial charge >= 0.3 is 0 Å². The summed E-state index contributed by atoms with van der Waals surface area (Å²) in [5, 5.41) is 12.6. The molecule has 0 bridgehead atoms. The molecule has 0 amide bonds. The Labute approximate surface area is 341 Å². The third-order valence-corrected chi connectivity index (χ3v) is 12.9. The summed E-state index contributed by atoms with van der Waals surface area (Å²) in [6.07, 6.45) is 0. The maximum absolute atomic E-state index is 2.50. The van der Waals surface area contributed by atoms with Crippen LogP contribution < -0.4 is 0 Å². The molecule has 272 valence electrons. The van der Waals surface area contributed by atoms with Gasteiger partial charge in [-0.1, -0.05) is 176 Å². The molecule has 1 heteroatoms. The quantitative estimate of drug-likeness (QED) is 0.159. The molecule has 1 aliphatic rings. The van der Waals surface area contributed by atoms with E-state index < -0.39 is 0 Å². The molecule has 0 atom stereocenters. The van der Waals surface area contributed by atoms with Gasteiger partial charge in [0.05, 0.1) is 16.7 Å². The summed E-state index contributed by atoms with van der Waals surface area (Å²) < 4.78 is 2.50. The van der Waals surface area contributed by atoms with E-state index >= 15 is 0 Å². The van der Waals surface area contributed by atoms with Crippen LogP contribution in [0.1, 0.15) is 0 Å². The third-order valence-electron chi connectivity index (χ3n) is 12.9. The van der Waals surface area contributed by atoms with E-state index in [0.29, 0.717) is 0 Å². The van der Waals surface area contributed by atoms with Gasteiger partial charge < -0.3 is 4.57 Å². The topological polar surface area (TPSA) is 4.93 Å². The number of aromatic nitrogens is 1. The Bertz CT molecular complexity index is 3730. The minimum Gasteiger partial charge on any atom is -0.308 e. The number of hydrogen-bond acceptors (Lipinski definition) is 0. The van der Waals surface area contributed by atoms with Crippen LogP contribution in [0.25, 0.3) is 126 Å². The molecule has 1 aromatic heterocycles. The second-order valence-electron chi connectivity index (χ2n) is 16.0. The lowest BCUT2D eigenvalue weighted by Crippen LogP contribution is -1.96. The molecular weight excluding hydrogens is 711 g/mol. The monoisotopic (exact) mass is 745 g/mol. The van der Waals surface area contributed by atoms with Crippen LogP contribution in [0.3, 0.4) is 0 Å². The fraction of sp³-hybridized carbons (Fsp3) is 0. The van der Waals surface area contributed by atoms with Crippen LogP contribution in [0.2, 0.25) is 0 Å². The molecule has 0 saturated heterocycles. The fourth-order valence-corrected chi connectivity index (χ4v) is 10.2. The lowest BCUT2D eigenvalue weighted by Gasteiger charge is -2.20. The molecule has 59 heavy (non-hydrogen) atoms. The van der Waals surface area contributed by atoms with Crippen molar-refractivity contribution in [2.24, 2.45) is 0 Å². The van der Waals surface area contributed by atoms with Crippen LogP contribution in [0, 0.1) is 0 Å². The largest absolute Gasteiger partial charge is 0.308 e. The van der Waals surface area contributed by atoms with Gasteiger partial charge in [-0.15, -0.1) is 0 Å². The first-order valence-electron chi connectivity index (χ1n) is 20.5. The van der Waals surface area contributed by atoms with Gasteiger partial charge in [0.15, 0.2) is 0 Å². The molecule has 12 aromatic rings. The molecule has 2 heterocycles. The number of nitrogens with zero attached hydrogens (tertiary/aromatic N) is 1. The Morgan fingerprint density at radius 3 is 1.46 bits per heavy atom. The van der Waals surface area contributed by atoms with Crippen LogP contribution in [0.15, 0.2) is 212 Å². The summed E-state index contributed by atoms with van der Waals surface area (Å²) in [7, 11) is 0. The van der Waals surface area contributed by atoms with Crippen molar-refractivity contribution in [1.29, 1.82) is 0 Å². The maximum atomic E-state index is 2.50. The molecule has 0 saturated carbocycles. The molecule has 11 aromatic carbocycles. The van der Waals surface area contributed by atoms with Crippen LogP contribution in [0.4, 0.5) is 0 Å². The Morgan fingerprint density at radius 2 is 0.746 bits per heavy atom. The van der Waals surface area contributed by atoms with Crippen molar-refractivity contribution in [2.75, 3.05) is 0 Å². The lowest BCUT2D eigenvalue weighted by molar-refractivity contribution is 1.19. The van der Waals surface area contributed by atoms with Gasteiger partial charge in [0, 0.05) is 21.9 Å². The number of benzene rings is 11. The van der Waals surface area contributed by atoms with E-state index in [9.17, 15) is 0 Å². The van der Waals surface area contributed by atoms with Crippen molar-refractivity contribution in [3.05, 3.63) is 212 Å².